The van der Waals surface area contributed by atoms with Gasteiger partial charge in [0.15, 0.2) is 0 Å². The Morgan fingerprint density at radius 3 is 2.79 bits per heavy atom. The summed E-state index contributed by atoms with van der Waals surface area (Å²) >= 11 is 1.54. The second-order valence-electron chi connectivity index (χ2n) is 7.37. The summed E-state index contributed by atoms with van der Waals surface area (Å²) in [6.45, 7) is 2.75. The van der Waals surface area contributed by atoms with Gasteiger partial charge in [-0.25, -0.2) is 4.98 Å². The second-order valence-corrected chi connectivity index (χ2v) is 8.22. The van der Waals surface area contributed by atoms with Crippen molar-refractivity contribution < 1.29 is 19.4 Å². The van der Waals surface area contributed by atoms with Crippen LogP contribution in [0.1, 0.15) is 5.69 Å². The smallest absolute Gasteiger partial charge is 0.317 e. The predicted molar refractivity (Wildman–Crippen MR) is 105 cm³/mol. The number of carbonyl (C=O) groups is 2. The molecule has 4 rings (SSSR count). The number of carboxylic acid groups (broad SMARTS) is 1. The van der Waals surface area contributed by atoms with Gasteiger partial charge in [-0.3, -0.25) is 14.5 Å². The van der Waals surface area contributed by atoms with Gasteiger partial charge in [-0.05, 0) is 0 Å². The van der Waals surface area contributed by atoms with Crippen molar-refractivity contribution in [2.75, 3.05) is 39.4 Å². The highest BCUT2D eigenvalue weighted by atomic mass is 32.1. The Morgan fingerprint density at radius 2 is 2.00 bits per heavy atom. The van der Waals surface area contributed by atoms with Crippen molar-refractivity contribution in [2.24, 2.45) is 5.92 Å². The summed E-state index contributed by atoms with van der Waals surface area (Å²) < 4.78 is 5.69. The molecule has 2 aliphatic heterocycles. The molecule has 0 spiro atoms. The van der Waals surface area contributed by atoms with Crippen LogP contribution in [0.25, 0.3) is 10.6 Å². The molecule has 2 atom stereocenters. The van der Waals surface area contributed by atoms with Crippen molar-refractivity contribution in [1.29, 1.82) is 0 Å². The minimum Gasteiger partial charge on any atom is -0.480 e. The van der Waals surface area contributed by atoms with Crippen LogP contribution in [0.2, 0.25) is 0 Å². The van der Waals surface area contributed by atoms with E-state index < -0.39 is 5.97 Å². The van der Waals surface area contributed by atoms with E-state index in [1.165, 1.54) is 0 Å². The Bertz CT molecular complexity index is 841. The van der Waals surface area contributed by atoms with Crippen LogP contribution in [0.4, 0.5) is 0 Å². The van der Waals surface area contributed by atoms with Crippen LogP contribution in [0.5, 0.6) is 0 Å². The lowest BCUT2D eigenvalue weighted by Crippen LogP contribution is -2.47. The number of hydrogen-bond acceptors (Lipinski definition) is 6. The molecule has 0 unspecified atom stereocenters. The highest BCUT2D eigenvalue weighted by molar-refractivity contribution is 7.13. The molecule has 2 aliphatic rings. The van der Waals surface area contributed by atoms with E-state index in [2.05, 4.69) is 4.98 Å². The van der Waals surface area contributed by atoms with Gasteiger partial charge >= 0.3 is 5.97 Å². The van der Waals surface area contributed by atoms with Gasteiger partial charge in [-0.1, -0.05) is 30.3 Å². The topological polar surface area (TPSA) is 83.0 Å². The molecule has 1 aromatic heterocycles. The van der Waals surface area contributed by atoms with E-state index in [4.69, 9.17) is 4.74 Å². The number of ether oxygens (including phenoxy) is 1. The first-order chi connectivity index (χ1) is 13.6. The lowest BCUT2D eigenvalue weighted by molar-refractivity contribution is -0.139. The highest BCUT2D eigenvalue weighted by Gasteiger charge is 2.35. The monoisotopic (exact) mass is 401 g/mol. The predicted octanol–water partition coefficient (Wildman–Crippen LogP) is 1.60. The standard InChI is InChI=1S/C20H23N3O4S/c24-18(6-16-13-28-20(21-16)15-4-2-1-3-5-15)23-8-14-7-22(10-19(25)26)17(9-23)12-27-11-14/h1-5,13-14,17H,6-12H2,(H,25,26)/t14-,17+/m1/s1. The normalized spacial score (nSPS) is 22.6. The molecular weight excluding hydrogens is 378 g/mol. The molecule has 1 amide bonds. The fraction of sp³-hybridized carbons (Fsp3) is 0.450. The minimum atomic E-state index is -0.846. The summed E-state index contributed by atoms with van der Waals surface area (Å²) in [5.41, 5.74) is 1.83. The third-order valence-corrected chi connectivity index (χ3v) is 6.12. The van der Waals surface area contributed by atoms with Crippen molar-refractivity contribution in [3.8, 4) is 10.6 Å². The second kappa shape index (κ2) is 8.38. The van der Waals surface area contributed by atoms with E-state index in [1.54, 1.807) is 11.3 Å². The number of benzene rings is 1. The molecule has 0 radical (unpaired) electrons. The average molecular weight is 401 g/mol. The third-order valence-electron chi connectivity index (χ3n) is 5.18. The summed E-state index contributed by atoms with van der Waals surface area (Å²) in [6.07, 6.45) is 0.266. The number of aromatic nitrogens is 1. The van der Waals surface area contributed by atoms with Crippen LogP contribution < -0.4 is 0 Å². The lowest BCUT2D eigenvalue weighted by atomic mass is 10.1. The van der Waals surface area contributed by atoms with Gasteiger partial charge in [0, 0.05) is 36.5 Å². The third kappa shape index (κ3) is 4.40. The molecule has 2 saturated heterocycles. The Hall–Kier alpha value is -2.29. The number of carboxylic acids is 1. The highest BCUT2D eigenvalue weighted by Crippen LogP contribution is 2.24. The molecule has 0 saturated carbocycles. The van der Waals surface area contributed by atoms with Crippen molar-refractivity contribution in [3.63, 3.8) is 0 Å². The molecule has 2 fully saturated rings. The number of thiazole rings is 1. The summed E-state index contributed by atoms with van der Waals surface area (Å²) in [4.78, 5) is 32.5. The van der Waals surface area contributed by atoms with E-state index in [9.17, 15) is 14.7 Å². The van der Waals surface area contributed by atoms with Gasteiger partial charge < -0.3 is 14.7 Å². The van der Waals surface area contributed by atoms with Gasteiger partial charge in [0.1, 0.15) is 5.01 Å². The van der Waals surface area contributed by atoms with E-state index in [0.717, 1.165) is 16.3 Å². The minimum absolute atomic E-state index is 0.0148. The maximum Gasteiger partial charge on any atom is 0.317 e. The van der Waals surface area contributed by atoms with Crippen LogP contribution in [-0.4, -0.2) is 77.2 Å². The van der Waals surface area contributed by atoms with Crippen LogP contribution >= 0.6 is 11.3 Å². The molecule has 8 heteroatoms. The molecule has 148 valence electrons. The SMILES string of the molecule is O=C(O)CN1C[C@H]2COC[C@@H]1CN(C(=O)Cc1csc(-c3ccccc3)n1)C2. The zero-order valence-electron chi connectivity index (χ0n) is 15.5. The molecule has 28 heavy (non-hydrogen) atoms. The number of rotatable bonds is 5. The largest absolute Gasteiger partial charge is 0.480 e. The van der Waals surface area contributed by atoms with Gasteiger partial charge in [-0.2, -0.15) is 0 Å². The summed E-state index contributed by atoms with van der Waals surface area (Å²) in [5.74, 6) is -0.675. The fourth-order valence-corrected chi connectivity index (χ4v) is 4.69. The number of carbonyl (C=O) groups excluding carboxylic acids is 1. The number of hydrogen-bond donors (Lipinski definition) is 1. The van der Waals surface area contributed by atoms with Crippen LogP contribution in [0.3, 0.4) is 0 Å². The maximum atomic E-state index is 12.9. The molecule has 2 aromatic rings. The van der Waals surface area contributed by atoms with Gasteiger partial charge in [0.25, 0.3) is 0 Å². The molecular formula is C20H23N3O4S. The zero-order chi connectivity index (χ0) is 19.5. The number of nitrogens with zero attached hydrogens (tertiary/aromatic N) is 3. The Morgan fingerprint density at radius 1 is 1.18 bits per heavy atom. The fourth-order valence-electron chi connectivity index (χ4n) is 3.87. The van der Waals surface area contributed by atoms with Crippen LogP contribution in [0.15, 0.2) is 35.7 Å². The summed E-state index contributed by atoms with van der Waals surface area (Å²) in [6, 6.07) is 9.86. The first-order valence-corrected chi connectivity index (χ1v) is 10.3. The molecule has 7 nitrogen and oxygen atoms in total. The zero-order valence-corrected chi connectivity index (χ0v) is 16.3. The van der Waals surface area contributed by atoms with Crippen LogP contribution in [-0.2, 0) is 20.7 Å². The van der Waals surface area contributed by atoms with E-state index in [0.29, 0.717) is 32.8 Å². The van der Waals surface area contributed by atoms with Crippen LogP contribution in [0, 0.1) is 5.92 Å². The van der Waals surface area contributed by atoms with Crippen molar-refractivity contribution >= 4 is 23.2 Å². The summed E-state index contributed by atoms with van der Waals surface area (Å²) in [5, 5.41) is 12.0. The van der Waals surface area contributed by atoms with Gasteiger partial charge in [0.2, 0.25) is 5.91 Å². The first kappa shape index (κ1) is 19.0. The quantitative estimate of drug-likeness (QED) is 0.819. The Labute approximate surface area is 167 Å². The van der Waals surface area contributed by atoms with Crippen molar-refractivity contribution in [3.05, 3.63) is 41.4 Å². The Balaban J connectivity index is 1.44. The molecule has 3 heterocycles. The first-order valence-electron chi connectivity index (χ1n) is 9.39. The number of aliphatic carboxylic acids is 1. The summed E-state index contributed by atoms with van der Waals surface area (Å²) in [7, 11) is 0. The average Bonchev–Trinajstić information content (AvgIpc) is 2.95. The van der Waals surface area contributed by atoms with Crippen molar-refractivity contribution in [2.45, 2.75) is 12.5 Å². The molecule has 1 aromatic carbocycles. The van der Waals surface area contributed by atoms with Gasteiger partial charge in [-0.15, -0.1) is 11.3 Å². The molecule has 0 aliphatic carbocycles. The lowest BCUT2D eigenvalue weighted by Gasteiger charge is -2.30. The molecule has 1 N–H and O–H groups in total. The van der Waals surface area contributed by atoms with E-state index in [-0.39, 0.29) is 30.8 Å². The number of amides is 1. The maximum absolute atomic E-state index is 12.9. The molecule has 2 bridgehead atoms. The van der Waals surface area contributed by atoms with Crippen molar-refractivity contribution in [1.82, 2.24) is 14.8 Å². The van der Waals surface area contributed by atoms with E-state index >= 15 is 0 Å². The Kier molecular flexibility index (Phi) is 5.70. The van der Waals surface area contributed by atoms with E-state index in [1.807, 2.05) is 45.5 Å². The number of fused-ring (bicyclic) bond motifs is 3. The van der Waals surface area contributed by atoms with Gasteiger partial charge in [0.05, 0.1) is 37.9 Å².